The summed E-state index contributed by atoms with van der Waals surface area (Å²) < 4.78 is 0. The highest BCUT2D eigenvalue weighted by molar-refractivity contribution is 5.77. The molecule has 0 bridgehead atoms. The van der Waals surface area contributed by atoms with Gasteiger partial charge in [-0.25, -0.2) is 0 Å². The van der Waals surface area contributed by atoms with Gasteiger partial charge in [-0.1, -0.05) is 36.2 Å². The van der Waals surface area contributed by atoms with Crippen molar-refractivity contribution in [3.05, 3.63) is 35.5 Å². The first kappa shape index (κ1) is 11.1. The lowest BCUT2D eigenvalue weighted by atomic mass is 9.99. The van der Waals surface area contributed by atoms with Crippen LogP contribution in [0.25, 0.3) is 11.1 Å². The van der Waals surface area contributed by atoms with E-state index in [0.717, 1.165) is 17.4 Å². The number of hydrogen-bond acceptors (Lipinski definition) is 2. The van der Waals surface area contributed by atoms with E-state index in [1.165, 1.54) is 36.1 Å². The third-order valence-electron chi connectivity index (χ3n) is 4.90. The van der Waals surface area contributed by atoms with Crippen molar-refractivity contribution < 1.29 is 0 Å². The maximum atomic E-state index is 6.09. The number of aryl methyl sites for hydroxylation is 1. The smallest absolute Gasteiger partial charge is 0.153 e. The first-order valence-corrected chi connectivity index (χ1v) is 7.16. The van der Waals surface area contributed by atoms with Gasteiger partial charge in [0.05, 0.1) is 0 Å². The maximum Gasteiger partial charge on any atom is 0.153 e. The maximum absolute atomic E-state index is 6.09. The third kappa shape index (κ3) is 1.61. The Labute approximate surface area is 113 Å². The second kappa shape index (κ2) is 3.86. The first-order valence-electron chi connectivity index (χ1n) is 7.16. The molecule has 0 amide bonds. The first-order chi connectivity index (χ1) is 9.25. The van der Waals surface area contributed by atoms with Crippen LogP contribution < -0.4 is 5.73 Å². The molecule has 2 aliphatic rings. The predicted octanol–water partition coefficient (Wildman–Crippen LogP) is 3.48. The van der Waals surface area contributed by atoms with E-state index in [1.807, 2.05) is 0 Å². The minimum atomic E-state index is 0.642. The van der Waals surface area contributed by atoms with Crippen molar-refractivity contribution in [3.63, 3.8) is 0 Å². The van der Waals surface area contributed by atoms with Crippen LogP contribution in [0.5, 0.6) is 0 Å². The summed E-state index contributed by atoms with van der Waals surface area (Å²) in [6, 6.07) is 8.58. The van der Waals surface area contributed by atoms with Crippen LogP contribution >= 0.6 is 0 Å². The zero-order valence-electron chi connectivity index (χ0n) is 11.2. The monoisotopic (exact) mass is 253 g/mol. The fourth-order valence-corrected chi connectivity index (χ4v) is 3.88. The number of nitrogen functional groups attached to an aromatic ring is 1. The number of aromatic amines is 1. The highest BCUT2D eigenvalue weighted by atomic mass is 15.2. The van der Waals surface area contributed by atoms with Gasteiger partial charge in [0.15, 0.2) is 5.82 Å². The minimum absolute atomic E-state index is 0.642. The number of benzene rings is 1. The SMILES string of the molecule is Cc1ccc(-c2c(N)n[nH]c2C2C3CCCC32)cc1. The van der Waals surface area contributed by atoms with Gasteiger partial charge >= 0.3 is 0 Å². The van der Waals surface area contributed by atoms with Crippen molar-refractivity contribution in [3.8, 4) is 11.1 Å². The lowest BCUT2D eigenvalue weighted by molar-refractivity contribution is 0.670. The van der Waals surface area contributed by atoms with E-state index in [0.29, 0.717) is 11.7 Å². The Morgan fingerprint density at radius 1 is 1.16 bits per heavy atom. The lowest BCUT2D eigenvalue weighted by Crippen LogP contribution is -1.93. The van der Waals surface area contributed by atoms with Crippen LogP contribution in [0, 0.1) is 18.8 Å². The molecule has 0 aliphatic heterocycles. The average molecular weight is 253 g/mol. The number of nitrogens with zero attached hydrogens (tertiary/aromatic N) is 1. The number of nitrogens with two attached hydrogens (primary N) is 1. The second-order valence-electron chi connectivity index (χ2n) is 6.05. The number of aromatic nitrogens is 2. The van der Waals surface area contributed by atoms with Gasteiger partial charge in [-0.05, 0) is 37.2 Å². The van der Waals surface area contributed by atoms with Crippen LogP contribution in [-0.2, 0) is 0 Å². The van der Waals surface area contributed by atoms with Gasteiger partial charge in [0, 0.05) is 17.2 Å². The fraction of sp³-hybridized carbons (Fsp3) is 0.438. The molecule has 3 N–H and O–H groups in total. The zero-order valence-corrected chi connectivity index (χ0v) is 11.2. The number of fused-ring (bicyclic) bond motifs is 1. The molecule has 2 saturated carbocycles. The van der Waals surface area contributed by atoms with Crippen LogP contribution in [0.1, 0.15) is 36.4 Å². The molecule has 0 saturated heterocycles. The largest absolute Gasteiger partial charge is 0.382 e. The molecule has 0 radical (unpaired) electrons. The number of rotatable bonds is 2. The summed E-state index contributed by atoms with van der Waals surface area (Å²) in [4.78, 5) is 0. The molecule has 2 aliphatic carbocycles. The molecule has 3 heteroatoms. The Morgan fingerprint density at radius 3 is 2.53 bits per heavy atom. The molecule has 1 aromatic heterocycles. The summed E-state index contributed by atoms with van der Waals surface area (Å²) in [6.07, 6.45) is 4.15. The standard InChI is InChI=1S/C16H19N3/c1-9-5-7-10(8-6-9)13-15(18-19-16(13)17)14-11-3-2-4-12(11)14/h5-8,11-12,14H,2-4H2,1H3,(H3,17,18,19). The Morgan fingerprint density at radius 2 is 1.84 bits per heavy atom. The van der Waals surface area contributed by atoms with Gasteiger partial charge in [0.25, 0.3) is 0 Å². The molecule has 0 spiro atoms. The second-order valence-corrected chi connectivity index (χ2v) is 6.05. The van der Waals surface area contributed by atoms with Gasteiger partial charge < -0.3 is 5.73 Å². The number of hydrogen-bond donors (Lipinski definition) is 2. The van der Waals surface area contributed by atoms with Crippen molar-refractivity contribution in [1.82, 2.24) is 10.2 Å². The van der Waals surface area contributed by atoms with Gasteiger partial charge in [-0.15, -0.1) is 0 Å². The summed E-state index contributed by atoms with van der Waals surface area (Å²) >= 11 is 0. The zero-order chi connectivity index (χ0) is 13.0. The molecular weight excluding hydrogens is 234 g/mol. The molecular formula is C16H19N3. The van der Waals surface area contributed by atoms with E-state index in [2.05, 4.69) is 41.4 Å². The molecule has 1 heterocycles. The molecule has 19 heavy (non-hydrogen) atoms. The summed E-state index contributed by atoms with van der Waals surface area (Å²) in [5, 5.41) is 7.46. The van der Waals surface area contributed by atoms with Crippen molar-refractivity contribution in [2.75, 3.05) is 5.73 Å². The van der Waals surface area contributed by atoms with Crippen LogP contribution in [0.2, 0.25) is 0 Å². The van der Waals surface area contributed by atoms with E-state index in [4.69, 9.17) is 5.73 Å². The van der Waals surface area contributed by atoms with E-state index in [1.54, 1.807) is 0 Å². The number of H-pyrrole nitrogens is 1. The molecule has 2 aromatic rings. The lowest BCUT2D eigenvalue weighted by Gasteiger charge is -2.06. The molecule has 2 atom stereocenters. The summed E-state index contributed by atoms with van der Waals surface area (Å²) in [5.41, 5.74) is 11.0. The van der Waals surface area contributed by atoms with Crippen LogP contribution in [0.15, 0.2) is 24.3 Å². The van der Waals surface area contributed by atoms with Gasteiger partial charge in [0.1, 0.15) is 0 Å². The molecule has 98 valence electrons. The van der Waals surface area contributed by atoms with Gasteiger partial charge in [0.2, 0.25) is 0 Å². The van der Waals surface area contributed by atoms with E-state index >= 15 is 0 Å². The topological polar surface area (TPSA) is 54.7 Å². The van der Waals surface area contributed by atoms with Crippen molar-refractivity contribution >= 4 is 5.82 Å². The van der Waals surface area contributed by atoms with E-state index in [9.17, 15) is 0 Å². The minimum Gasteiger partial charge on any atom is -0.382 e. The normalized spacial score (nSPS) is 28.4. The number of nitrogens with one attached hydrogen (secondary N) is 1. The highest BCUT2D eigenvalue weighted by Crippen LogP contribution is 2.64. The van der Waals surface area contributed by atoms with Crippen LogP contribution in [0.4, 0.5) is 5.82 Å². The van der Waals surface area contributed by atoms with Crippen LogP contribution in [0.3, 0.4) is 0 Å². The predicted molar refractivity (Wildman–Crippen MR) is 76.7 cm³/mol. The third-order valence-corrected chi connectivity index (χ3v) is 4.90. The van der Waals surface area contributed by atoms with Crippen molar-refractivity contribution in [2.24, 2.45) is 11.8 Å². The average Bonchev–Trinajstić information content (AvgIpc) is 2.78. The Kier molecular flexibility index (Phi) is 2.25. The Bertz CT molecular complexity index is 601. The van der Waals surface area contributed by atoms with Crippen LogP contribution in [-0.4, -0.2) is 10.2 Å². The highest BCUT2D eigenvalue weighted by Gasteiger charge is 2.54. The Hall–Kier alpha value is -1.77. The molecule has 4 rings (SSSR count). The fourth-order valence-electron chi connectivity index (χ4n) is 3.88. The quantitative estimate of drug-likeness (QED) is 0.861. The number of anilines is 1. The molecule has 3 nitrogen and oxygen atoms in total. The Balaban J connectivity index is 1.75. The van der Waals surface area contributed by atoms with Gasteiger partial charge in [-0.2, -0.15) is 5.10 Å². The van der Waals surface area contributed by atoms with E-state index < -0.39 is 0 Å². The van der Waals surface area contributed by atoms with Crippen molar-refractivity contribution in [2.45, 2.75) is 32.1 Å². The summed E-state index contributed by atoms with van der Waals surface area (Å²) in [7, 11) is 0. The summed E-state index contributed by atoms with van der Waals surface area (Å²) in [5.74, 6) is 3.08. The van der Waals surface area contributed by atoms with Crippen molar-refractivity contribution in [1.29, 1.82) is 0 Å². The van der Waals surface area contributed by atoms with E-state index in [-0.39, 0.29) is 0 Å². The summed E-state index contributed by atoms with van der Waals surface area (Å²) in [6.45, 7) is 2.11. The molecule has 2 fully saturated rings. The molecule has 2 unspecified atom stereocenters. The molecule has 1 aromatic carbocycles. The van der Waals surface area contributed by atoms with Gasteiger partial charge in [-0.3, -0.25) is 5.10 Å².